The molecule has 5 nitrogen and oxygen atoms in total. The zero-order valence-electron chi connectivity index (χ0n) is 18.8. The fraction of sp³-hybridized carbons (Fsp3) is 0.308. The number of hydrogen-bond acceptors (Lipinski definition) is 5. The highest BCUT2D eigenvalue weighted by atomic mass is 32.1. The third-order valence-electron chi connectivity index (χ3n) is 5.03. The van der Waals surface area contributed by atoms with Crippen LogP contribution in [-0.2, 0) is 16.0 Å². The summed E-state index contributed by atoms with van der Waals surface area (Å²) in [5.41, 5.74) is 4.50. The Balaban J connectivity index is 1.65. The summed E-state index contributed by atoms with van der Waals surface area (Å²) >= 11 is 1.34. The van der Waals surface area contributed by atoms with Crippen LogP contribution in [0.4, 0.5) is 5.00 Å². The second-order valence-corrected chi connectivity index (χ2v) is 8.32. The van der Waals surface area contributed by atoms with Crippen molar-refractivity contribution in [2.45, 2.75) is 40.0 Å². The molecule has 1 amide bonds. The zero-order valence-corrected chi connectivity index (χ0v) is 19.6. The summed E-state index contributed by atoms with van der Waals surface area (Å²) in [7, 11) is 0. The Hall–Kier alpha value is -3.12. The van der Waals surface area contributed by atoms with E-state index in [-0.39, 0.29) is 12.5 Å². The van der Waals surface area contributed by atoms with E-state index in [1.165, 1.54) is 22.5 Å². The minimum absolute atomic E-state index is 0.155. The normalized spacial score (nSPS) is 10.6. The summed E-state index contributed by atoms with van der Waals surface area (Å²) in [6, 6.07) is 15.9. The van der Waals surface area contributed by atoms with Gasteiger partial charge in [-0.05, 0) is 49.9 Å². The number of carbonyl (C=O) groups excluding carboxylic acids is 2. The van der Waals surface area contributed by atoms with Crippen molar-refractivity contribution in [1.82, 2.24) is 0 Å². The number of benzene rings is 2. The number of thiophene rings is 1. The molecule has 168 valence electrons. The molecule has 1 aromatic heterocycles. The Morgan fingerprint density at radius 3 is 2.38 bits per heavy atom. The van der Waals surface area contributed by atoms with Crippen molar-refractivity contribution in [3.05, 3.63) is 70.6 Å². The lowest BCUT2D eigenvalue weighted by atomic mass is 10.0. The predicted molar refractivity (Wildman–Crippen MR) is 130 cm³/mol. The molecule has 0 aliphatic heterocycles. The van der Waals surface area contributed by atoms with Crippen molar-refractivity contribution in [3.8, 4) is 16.9 Å². The summed E-state index contributed by atoms with van der Waals surface area (Å²) < 4.78 is 11.0. The van der Waals surface area contributed by atoms with Crippen molar-refractivity contribution in [3.63, 3.8) is 0 Å². The van der Waals surface area contributed by atoms with Gasteiger partial charge >= 0.3 is 5.97 Å². The van der Waals surface area contributed by atoms with Crippen molar-refractivity contribution >= 4 is 28.2 Å². The Morgan fingerprint density at radius 2 is 1.72 bits per heavy atom. The first-order valence-electron chi connectivity index (χ1n) is 10.9. The number of carbonyl (C=O) groups is 2. The second-order valence-electron chi connectivity index (χ2n) is 7.44. The third-order valence-corrected chi connectivity index (χ3v) is 5.93. The Bertz CT molecular complexity index is 1040. The summed E-state index contributed by atoms with van der Waals surface area (Å²) in [4.78, 5) is 25.2. The van der Waals surface area contributed by atoms with Gasteiger partial charge < -0.3 is 14.8 Å². The van der Waals surface area contributed by atoms with E-state index in [2.05, 4.69) is 12.2 Å². The smallest absolute Gasteiger partial charge is 0.341 e. The number of esters is 1. The Labute approximate surface area is 193 Å². The van der Waals surface area contributed by atoms with Crippen LogP contribution in [0.5, 0.6) is 5.75 Å². The van der Waals surface area contributed by atoms with Crippen LogP contribution in [0.3, 0.4) is 0 Å². The van der Waals surface area contributed by atoms with Crippen LogP contribution in [0, 0.1) is 6.92 Å². The van der Waals surface area contributed by atoms with Crippen LogP contribution in [0.1, 0.15) is 48.2 Å². The zero-order chi connectivity index (χ0) is 22.9. The van der Waals surface area contributed by atoms with E-state index in [1.807, 2.05) is 60.8 Å². The van der Waals surface area contributed by atoms with Crippen molar-refractivity contribution < 1.29 is 19.1 Å². The standard InChI is InChI=1S/C26H29NO4S/c1-4-19-10-12-20(13-11-19)22-17-32-25(24(22)26(29)30-5-2)27-23(28)7-6-16-31-21-14-8-18(3)9-15-21/h8-15,17H,4-7,16H2,1-3H3,(H,27,28). The van der Waals surface area contributed by atoms with Crippen LogP contribution < -0.4 is 10.1 Å². The van der Waals surface area contributed by atoms with Gasteiger partial charge in [-0.1, -0.05) is 48.9 Å². The highest BCUT2D eigenvalue weighted by molar-refractivity contribution is 7.15. The first-order valence-corrected chi connectivity index (χ1v) is 11.8. The van der Waals surface area contributed by atoms with Gasteiger partial charge in [0.1, 0.15) is 16.3 Å². The molecule has 0 atom stereocenters. The topological polar surface area (TPSA) is 64.6 Å². The summed E-state index contributed by atoms with van der Waals surface area (Å²) in [6.45, 7) is 6.61. The average molecular weight is 452 g/mol. The number of nitrogens with one attached hydrogen (secondary N) is 1. The van der Waals surface area contributed by atoms with E-state index in [0.717, 1.165) is 23.3 Å². The van der Waals surface area contributed by atoms with Crippen molar-refractivity contribution in [1.29, 1.82) is 0 Å². The summed E-state index contributed by atoms with van der Waals surface area (Å²) in [6.07, 6.45) is 1.82. The van der Waals surface area contributed by atoms with Gasteiger partial charge in [0.15, 0.2) is 0 Å². The molecule has 0 bridgehead atoms. The Kier molecular flexibility index (Phi) is 8.45. The molecular formula is C26H29NO4S. The number of aryl methyl sites for hydroxylation is 2. The lowest BCUT2D eigenvalue weighted by Gasteiger charge is -2.10. The summed E-state index contributed by atoms with van der Waals surface area (Å²) in [5, 5.41) is 5.30. The van der Waals surface area contributed by atoms with Gasteiger partial charge in [0, 0.05) is 17.4 Å². The maximum atomic E-state index is 12.7. The van der Waals surface area contributed by atoms with Gasteiger partial charge in [-0.25, -0.2) is 4.79 Å². The van der Waals surface area contributed by atoms with E-state index >= 15 is 0 Å². The fourth-order valence-electron chi connectivity index (χ4n) is 3.23. The lowest BCUT2D eigenvalue weighted by Crippen LogP contribution is -2.15. The molecule has 0 aliphatic carbocycles. The maximum absolute atomic E-state index is 12.7. The Morgan fingerprint density at radius 1 is 1.00 bits per heavy atom. The van der Waals surface area contributed by atoms with Crippen molar-refractivity contribution in [2.75, 3.05) is 18.5 Å². The van der Waals surface area contributed by atoms with Gasteiger partial charge in [-0.3, -0.25) is 4.79 Å². The molecule has 0 radical (unpaired) electrons. The maximum Gasteiger partial charge on any atom is 0.341 e. The highest BCUT2D eigenvalue weighted by Crippen LogP contribution is 2.36. The molecule has 0 spiro atoms. The number of ether oxygens (including phenoxy) is 2. The van der Waals surface area contributed by atoms with Crippen LogP contribution in [0.2, 0.25) is 0 Å². The molecule has 32 heavy (non-hydrogen) atoms. The van der Waals surface area contributed by atoms with E-state index in [9.17, 15) is 9.59 Å². The van der Waals surface area contributed by atoms with E-state index in [1.54, 1.807) is 6.92 Å². The van der Waals surface area contributed by atoms with Crippen molar-refractivity contribution in [2.24, 2.45) is 0 Å². The van der Waals surface area contributed by atoms with Gasteiger partial charge in [-0.2, -0.15) is 0 Å². The molecule has 3 aromatic rings. The van der Waals surface area contributed by atoms with Crippen LogP contribution in [0.15, 0.2) is 53.9 Å². The van der Waals surface area contributed by atoms with Gasteiger partial charge in [0.25, 0.3) is 0 Å². The predicted octanol–water partition coefficient (Wildman–Crippen LogP) is 6.26. The number of hydrogen-bond donors (Lipinski definition) is 1. The number of amides is 1. The molecule has 2 aromatic carbocycles. The van der Waals surface area contributed by atoms with Gasteiger partial charge in [0.2, 0.25) is 5.91 Å². The van der Waals surface area contributed by atoms with Crippen LogP contribution >= 0.6 is 11.3 Å². The first-order chi connectivity index (χ1) is 15.5. The lowest BCUT2D eigenvalue weighted by molar-refractivity contribution is -0.116. The minimum atomic E-state index is -0.429. The molecule has 0 saturated heterocycles. The monoisotopic (exact) mass is 451 g/mol. The van der Waals surface area contributed by atoms with Crippen LogP contribution in [-0.4, -0.2) is 25.1 Å². The first kappa shape index (κ1) is 23.5. The number of rotatable bonds is 10. The quantitative estimate of drug-likeness (QED) is 0.292. The SMILES string of the molecule is CCOC(=O)c1c(-c2ccc(CC)cc2)csc1NC(=O)CCCOc1ccc(C)cc1. The summed E-state index contributed by atoms with van der Waals surface area (Å²) in [5.74, 6) is 0.205. The molecule has 0 unspecified atom stereocenters. The molecule has 6 heteroatoms. The fourth-order valence-corrected chi connectivity index (χ4v) is 4.21. The van der Waals surface area contributed by atoms with E-state index < -0.39 is 5.97 Å². The van der Waals surface area contributed by atoms with E-state index in [0.29, 0.717) is 30.0 Å². The molecule has 3 rings (SSSR count). The largest absolute Gasteiger partial charge is 0.494 e. The third kappa shape index (κ3) is 6.20. The average Bonchev–Trinajstić information content (AvgIpc) is 3.21. The number of anilines is 1. The van der Waals surface area contributed by atoms with Gasteiger partial charge in [-0.15, -0.1) is 11.3 Å². The molecule has 1 N–H and O–H groups in total. The van der Waals surface area contributed by atoms with Crippen LogP contribution in [0.25, 0.3) is 11.1 Å². The minimum Gasteiger partial charge on any atom is -0.494 e. The second kappa shape index (κ2) is 11.5. The van der Waals surface area contributed by atoms with E-state index in [4.69, 9.17) is 9.47 Å². The highest BCUT2D eigenvalue weighted by Gasteiger charge is 2.22. The van der Waals surface area contributed by atoms with Gasteiger partial charge in [0.05, 0.1) is 13.2 Å². The molecule has 0 fully saturated rings. The molecular weight excluding hydrogens is 422 g/mol. The molecule has 1 heterocycles. The molecule has 0 saturated carbocycles. The molecule has 0 aliphatic rings.